The first kappa shape index (κ1) is 14.4. The first-order valence-corrected chi connectivity index (χ1v) is 7.66. The van der Waals surface area contributed by atoms with Crippen molar-refractivity contribution in [3.8, 4) is 0 Å². The van der Waals surface area contributed by atoms with E-state index in [1.165, 1.54) is 51.7 Å². The summed E-state index contributed by atoms with van der Waals surface area (Å²) in [5.74, 6) is 1.83. The largest absolute Gasteiger partial charge is 0.303 e. The van der Waals surface area contributed by atoms with E-state index in [0.717, 1.165) is 11.7 Å². The van der Waals surface area contributed by atoms with Crippen LogP contribution in [0.15, 0.2) is 0 Å². The minimum absolute atomic E-state index is 0.666. The van der Waals surface area contributed by atoms with Gasteiger partial charge in [-0.2, -0.15) is 12.6 Å². The van der Waals surface area contributed by atoms with Crippen LogP contribution in [0, 0.1) is 11.3 Å². The molecule has 0 bridgehead atoms. The summed E-state index contributed by atoms with van der Waals surface area (Å²) in [4.78, 5) is 2.66. The summed E-state index contributed by atoms with van der Waals surface area (Å²) in [5.41, 5.74) is 0.666. The lowest BCUT2D eigenvalue weighted by Gasteiger charge is -2.41. The Morgan fingerprint density at radius 2 is 1.69 bits per heavy atom. The molecule has 0 saturated carbocycles. The fraction of sp³-hybridized carbons (Fsp3) is 1.00. The smallest absolute Gasteiger partial charge is 0.00174 e. The third-order valence-corrected chi connectivity index (χ3v) is 5.29. The molecule has 0 aromatic heterocycles. The Labute approximate surface area is 107 Å². The van der Waals surface area contributed by atoms with Gasteiger partial charge >= 0.3 is 0 Å². The van der Waals surface area contributed by atoms with Crippen LogP contribution in [-0.2, 0) is 0 Å². The average Bonchev–Trinajstić information content (AvgIpc) is 2.37. The maximum Gasteiger partial charge on any atom is 0.00174 e. The average molecular weight is 243 g/mol. The molecule has 1 aliphatic rings. The second kappa shape index (κ2) is 6.90. The third kappa shape index (κ3) is 3.66. The zero-order chi connectivity index (χ0) is 12.0. The molecule has 0 aliphatic carbocycles. The third-order valence-electron chi connectivity index (χ3n) is 4.77. The lowest BCUT2D eigenvalue weighted by Crippen LogP contribution is -2.41. The highest BCUT2D eigenvalue weighted by atomic mass is 32.1. The normalized spacial score (nSPS) is 23.2. The lowest BCUT2D eigenvalue weighted by molar-refractivity contribution is 0.0862. The van der Waals surface area contributed by atoms with Crippen LogP contribution in [0.3, 0.4) is 0 Å². The van der Waals surface area contributed by atoms with Crippen molar-refractivity contribution >= 4 is 12.6 Å². The first-order valence-electron chi connectivity index (χ1n) is 7.03. The van der Waals surface area contributed by atoms with E-state index in [4.69, 9.17) is 0 Å². The molecule has 1 heterocycles. The molecule has 96 valence electrons. The van der Waals surface area contributed by atoms with Crippen molar-refractivity contribution in [2.45, 2.75) is 52.9 Å². The van der Waals surface area contributed by atoms with E-state index in [1.807, 2.05) is 0 Å². The molecule has 0 radical (unpaired) electrons. The Kier molecular flexibility index (Phi) is 6.20. The number of likely N-dealkylation sites (tertiary alicyclic amines) is 1. The maximum absolute atomic E-state index is 4.44. The zero-order valence-corrected chi connectivity index (χ0v) is 12.2. The Morgan fingerprint density at radius 3 is 2.06 bits per heavy atom. The van der Waals surface area contributed by atoms with Gasteiger partial charge in [-0.3, -0.25) is 0 Å². The van der Waals surface area contributed by atoms with Crippen LogP contribution in [0.4, 0.5) is 0 Å². The monoisotopic (exact) mass is 243 g/mol. The van der Waals surface area contributed by atoms with Gasteiger partial charge in [0.05, 0.1) is 0 Å². The molecule has 0 amide bonds. The molecule has 0 aromatic rings. The molecular weight excluding hydrogens is 214 g/mol. The topological polar surface area (TPSA) is 3.24 Å². The number of thiol groups is 1. The molecule has 1 aliphatic heterocycles. The number of hydrogen-bond acceptors (Lipinski definition) is 2. The molecule has 16 heavy (non-hydrogen) atoms. The number of piperidine rings is 1. The van der Waals surface area contributed by atoms with Crippen LogP contribution >= 0.6 is 12.6 Å². The Hall–Kier alpha value is 0.310. The lowest BCUT2D eigenvalue weighted by atomic mass is 9.74. The van der Waals surface area contributed by atoms with Crippen molar-refractivity contribution in [1.82, 2.24) is 4.90 Å². The molecule has 1 unspecified atom stereocenters. The van der Waals surface area contributed by atoms with Crippen molar-refractivity contribution < 1.29 is 0 Å². The fourth-order valence-corrected chi connectivity index (χ4v) is 3.22. The minimum atomic E-state index is 0.666. The Bertz CT molecular complexity index is 175. The second-order valence-electron chi connectivity index (χ2n) is 5.46. The van der Waals surface area contributed by atoms with Gasteiger partial charge in [0.1, 0.15) is 0 Å². The number of rotatable bonds is 6. The summed E-state index contributed by atoms with van der Waals surface area (Å²) < 4.78 is 0. The highest BCUT2D eigenvalue weighted by Crippen LogP contribution is 2.38. The molecular formula is C14H29NS. The van der Waals surface area contributed by atoms with Crippen LogP contribution in [0.1, 0.15) is 52.9 Å². The maximum atomic E-state index is 4.44. The summed E-state index contributed by atoms with van der Waals surface area (Å²) in [5, 5.41) is 0. The summed E-state index contributed by atoms with van der Waals surface area (Å²) >= 11 is 4.44. The summed E-state index contributed by atoms with van der Waals surface area (Å²) in [7, 11) is 0. The molecule has 0 N–H and O–H groups in total. The van der Waals surface area contributed by atoms with Gasteiger partial charge in [0.15, 0.2) is 0 Å². The molecule has 0 aromatic carbocycles. The van der Waals surface area contributed by atoms with Crippen LogP contribution in [0.25, 0.3) is 0 Å². The van der Waals surface area contributed by atoms with Crippen LogP contribution in [-0.4, -0.2) is 30.3 Å². The van der Waals surface area contributed by atoms with Crippen molar-refractivity contribution in [2.24, 2.45) is 11.3 Å². The summed E-state index contributed by atoms with van der Waals surface area (Å²) in [6, 6.07) is 0. The Morgan fingerprint density at radius 1 is 1.12 bits per heavy atom. The summed E-state index contributed by atoms with van der Waals surface area (Å²) in [6.45, 7) is 10.9. The van der Waals surface area contributed by atoms with E-state index < -0.39 is 0 Å². The number of nitrogens with zero attached hydrogens (tertiary/aromatic N) is 1. The van der Waals surface area contributed by atoms with Crippen LogP contribution in [0.5, 0.6) is 0 Å². The van der Waals surface area contributed by atoms with Crippen molar-refractivity contribution in [2.75, 3.05) is 25.4 Å². The second-order valence-corrected chi connectivity index (χ2v) is 5.83. The van der Waals surface area contributed by atoms with E-state index in [2.05, 4.69) is 38.3 Å². The van der Waals surface area contributed by atoms with Gasteiger partial charge in [-0.05, 0) is 43.0 Å². The van der Waals surface area contributed by atoms with Gasteiger partial charge in [0.2, 0.25) is 0 Å². The number of hydrogen-bond donors (Lipinski definition) is 1. The van der Waals surface area contributed by atoms with Crippen LogP contribution in [0.2, 0.25) is 0 Å². The molecule has 2 heteroatoms. The van der Waals surface area contributed by atoms with E-state index >= 15 is 0 Å². The van der Waals surface area contributed by atoms with Gasteiger partial charge in [-0.25, -0.2) is 0 Å². The van der Waals surface area contributed by atoms with E-state index in [1.54, 1.807) is 0 Å². The highest BCUT2D eigenvalue weighted by Gasteiger charge is 2.31. The van der Waals surface area contributed by atoms with Crippen LogP contribution < -0.4 is 0 Å². The van der Waals surface area contributed by atoms with Gasteiger partial charge in [-0.15, -0.1) is 0 Å². The summed E-state index contributed by atoms with van der Waals surface area (Å²) in [6.07, 6.45) is 6.81. The quantitative estimate of drug-likeness (QED) is 0.694. The minimum Gasteiger partial charge on any atom is -0.303 e. The van der Waals surface area contributed by atoms with Crippen molar-refractivity contribution in [1.29, 1.82) is 0 Å². The van der Waals surface area contributed by atoms with Gasteiger partial charge in [-0.1, -0.05) is 40.0 Å². The molecule has 0 spiro atoms. The zero-order valence-electron chi connectivity index (χ0n) is 11.3. The van der Waals surface area contributed by atoms with E-state index in [-0.39, 0.29) is 0 Å². The SMILES string of the molecule is CCC(CS)CN1CCC(CC)(CC)CC1. The molecule has 1 rings (SSSR count). The Balaban J connectivity index is 2.36. The van der Waals surface area contributed by atoms with Crippen molar-refractivity contribution in [3.63, 3.8) is 0 Å². The highest BCUT2D eigenvalue weighted by molar-refractivity contribution is 7.80. The molecule has 1 nitrogen and oxygen atoms in total. The molecule has 1 saturated heterocycles. The standard InChI is InChI=1S/C14H29NS/c1-4-13(12-16)11-15-9-7-14(5-2,6-3)8-10-15/h13,16H,4-12H2,1-3H3. The fourth-order valence-electron chi connectivity index (χ4n) is 2.85. The van der Waals surface area contributed by atoms with Gasteiger partial charge in [0, 0.05) is 6.54 Å². The van der Waals surface area contributed by atoms with Gasteiger partial charge in [0.25, 0.3) is 0 Å². The predicted octanol–water partition coefficient (Wildman–Crippen LogP) is 3.84. The van der Waals surface area contributed by atoms with Crippen molar-refractivity contribution in [3.05, 3.63) is 0 Å². The predicted molar refractivity (Wildman–Crippen MR) is 76.3 cm³/mol. The first-order chi connectivity index (χ1) is 7.69. The molecule has 1 atom stereocenters. The van der Waals surface area contributed by atoms with E-state index in [9.17, 15) is 0 Å². The van der Waals surface area contributed by atoms with E-state index in [0.29, 0.717) is 5.41 Å². The molecule has 1 fully saturated rings. The van der Waals surface area contributed by atoms with Gasteiger partial charge < -0.3 is 4.90 Å².